The SMILES string of the molecule is CC(=O)N[C@@H](C)c1ccc(O[C@@H]2CCN(c3nc(N4CCC(C)(O)C4)ncc3F)C2)cc1. The summed E-state index contributed by atoms with van der Waals surface area (Å²) in [5.74, 6) is 0.911. The molecule has 172 valence electrons. The lowest BCUT2D eigenvalue weighted by Crippen LogP contribution is -2.31. The Morgan fingerprint density at radius 2 is 2.06 bits per heavy atom. The average molecular weight is 444 g/mol. The minimum Gasteiger partial charge on any atom is -0.489 e. The summed E-state index contributed by atoms with van der Waals surface area (Å²) >= 11 is 0. The van der Waals surface area contributed by atoms with E-state index in [2.05, 4.69) is 15.3 Å². The van der Waals surface area contributed by atoms with E-state index in [9.17, 15) is 14.3 Å². The van der Waals surface area contributed by atoms with Crippen molar-refractivity contribution in [1.29, 1.82) is 0 Å². The highest BCUT2D eigenvalue weighted by Crippen LogP contribution is 2.29. The molecule has 2 aliphatic rings. The second-order valence-electron chi connectivity index (χ2n) is 8.98. The number of ether oxygens (including phenoxy) is 1. The standard InChI is InChI=1S/C23H30FN5O3/c1-15(26-16(2)30)17-4-6-18(7-5-17)32-19-8-10-28(13-19)21-20(24)12-25-22(27-21)29-11-9-23(3,31)14-29/h4-7,12,15,19,31H,8-11,13-14H2,1-3H3,(H,26,30)/t15-,19+,23?/m0/s1. The Hall–Kier alpha value is -2.94. The van der Waals surface area contributed by atoms with Crippen LogP contribution in [0.25, 0.3) is 0 Å². The van der Waals surface area contributed by atoms with Gasteiger partial charge in [-0.2, -0.15) is 4.98 Å². The molecule has 1 aromatic carbocycles. The molecule has 4 rings (SSSR count). The van der Waals surface area contributed by atoms with Crippen LogP contribution in [0.3, 0.4) is 0 Å². The first kappa shape index (κ1) is 22.3. The smallest absolute Gasteiger partial charge is 0.227 e. The summed E-state index contributed by atoms with van der Waals surface area (Å²) in [6, 6.07) is 7.57. The number of aromatic nitrogens is 2. The number of anilines is 2. The Labute approximate surface area is 187 Å². The van der Waals surface area contributed by atoms with Crippen LogP contribution < -0.4 is 19.9 Å². The molecule has 0 bridgehead atoms. The van der Waals surface area contributed by atoms with Crippen molar-refractivity contribution in [2.24, 2.45) is 0 Å². The number of nitrogens with zero attached hydrogens (tertiary/aromatic N) is 4. The monoisotopic (exact) mass is 443 g/mol. The number of hydrogen-bond acceptors (Lipinski definition) is 7. The number of aliphatic hydroxyl groups is 1. The van der Waals surface area contributed by atoms with E-state index in [1.807, 2.05) is 41.0 Å². The summed E-state index contributed by atoms with van der Waals surface area (Å²) in [7, 11) is 0. The van der Waals surface area contributed by atoms with Gasteiger partial charge in [-0.3, -0.25) is 4.79 Å². The van der Waals surface area contributed by atoms with E-state index in [1.165, 1.54) is 13.1 Å². The first-order valence-electron chi connectivity index (χ1n) is 11.0. The molecule has 2 aliphatic heterocycles. The van der Waals surface area contributed by atoms with E-state index in [-0.39, 0.29) is 23.9 Å². The summed E-state index contributed by atoms with van der Waals surface area (Å²) in [6.07, 6.45) is 2.50. The van der Waals surface area contributed by atoms with Gasteiger partial charge in [0.15, 0.2) is 11.6 Å². The summed E-state index contributed by atoms with van der Waals surface area (Å²) in [5, 5.41) is 13.1. The predicted molar refractivity (Wildman–Crippen MR) is 119 cm³/mol. The van der Waals surface area contributed by atoms with Gasteiger partial charge in [-0.05, 0) is 38.0 Å². The predicted octanol–water partition coefficient (Wildman–Crippen LogP) is 2.43. The van der Waals surface area contributed by atoms with Crippen LogP contribution in [-0.4, -0.2) is 58.9 Å². The number of benzene rings is 1. The summed E-state index contributed by atoms with van der Waals surface area (Å²) in [5.41, 5.74) is 0.219. The minimum absolute atomic E-state index is 0.0703. The third-order valence-corrected chi connectivity index (χ3v) is 5.99. The lowest BCUT2D eigenvalue weighted by atomic mass is 10.1. The number of carbonyl (C=O) groups is 1. The van der Waals surface area contributed by atoms with Crippen molar-refractivity contribution in [3.63, 3.8) is 0 Å². The van der Waals surface area contributed by atoms with Gasteiger partial charge in [0.1, 0.15) is 11.9 Å². The Morgan fingerprint density at radius 1 is 1.31 bits per heavy atom. The molecule has 0 radical (unpaired) electrons. The molecule has 1 unspecified atom stereocenters. The maximum Gasteiger partial charge on any atom is 0.227 e. The van der Waals surface area contributed by atoms with E-state index in [0.717, 1.165) is 17.7 Å². The zero-order chi connectivity index (χ0) is 22.9. The lowest BCUT2D eigenvalue weighted by Gasteiger charge is -2.22. The Balaban J connectivity index is 1.38. The molecule has 0 saturated carbocycles. The van der Waals surface area contributed by atoms with Gasteiger partial charge in [-0.25, -0.2) is 9.37 Å². The molecular weight excluding hydrogens is 413 g/mol. The Bertz CT molecular complexity index is 969. The molecule has 2 saturated heterocycles. The molecule has 0 aliphatic carbocycles. The van der Waals surface area contributed by atoms with Crippen molar-refractivity contribution in [2.75, 3.05) is 36.0 Å². The lowest BCUT2D eigenvalue weighted by molar-refractivity contribution is -0.119. The molecule has 2 fully saturated rings. The average Bonchev–Trinajstić information content (AvgIpc) is 3.34. The molecule has 8 nitrogen and oxygen atoms in total. The number of rotatable bonds is 6. The third kappa shape index (κ3) is 5.09. The van der Waals surface area contributed by atoms with Crippen LogP contribution in [-0.2, 0) is 4.79 Å². The van der Waals surface area contributed by atoms with Crippen molar-refractivity contribution < 1.29 is 19.0 Å². The van der Waals surface area contributed by atoms with Gasteiger partial charge in [0.05, 0.1) is 24.4 Å². The van der Waals surface area contributed by atoms with Crippen molar-refractivity contribution >= 4 is 17.7 Å². The van der Waals surface area contributed by atoms with E-state index in [4.69, 9.17) is 4.74 Å². The molecule has 1 aromatic heterocycles. The number of nitrogens with one attached hydrogen (secondary N) is 1. The van der Waals surface area contributed by atoms with Gasteiger partial charge >= 0.3 is 0 Å². The number of halogens is 1. The second-order valence-corrected chi connectivity index (χ2v) is 8.98. The zero-order valence-corrected chi connectivity index (χ0v) is 18.7. The largest absolute Gasteiger partial charge is 0.489 e. The van der Waals surface area contributed by atoms with Crippen molar-refractivity contribution in [2.45, 2.75) is 51.4 Å². The van der Waals surface area contributed by atoms with E-state index < -0.39 is 11.4 Å². The number of amides is 1. The fourth-order valence-corrected chi connectivity index (χ4v) is 4.27. The third-order valence-electron chi connectivity index (χ3n) is 5.99. The summed E-state index contributed by atoms with van der Waals surface area (Å²) < 4.78 is 20.6. The normalized spacial score (nSPS) is 24.0. The highest BCUT2D eigenvalue weighted by atomic mass is 19.1. The first-order valence-corrected chi connectivity index (χ1v) is 11.0. The first-order chi connectivity index (χ1) is 15.2. The maximum absolute atomic E-state index is 14.5. The Kier molecular flexibility index (Phi) is 6.19. The van der Waals surface area contributed by atoms with Crippen molar-refractivity contribution in [3.8, 4) is 5.75 Å². The Morgan fingerprint density at radius 3 is 2.72 bits per heavy atom. The van der Waals surface area contributed by atoms with E-state index >= 15 is 0 Å². The zero-order valence-electron chi connectivity index (χ0n) is 18.7. The van der Waals surface area contributed by atoms with E-state index in [1.54, 1.807) is 6.92 Å². The molecule has 3 heterocycles. The molecule has 2 aromatic rings. The van der Waals surface area contributed by atoms with Crippen LogP contribution >= 0.6 is 0 Å². The quantitative estimate of drug-likeness (QED) is 0.709. The molecule has 1 amide bonds. The van der Waals surface area contributed by atoms with E-state index in [0.29, 0.717) is 38.5 Å². The number of hydrogen-bond donors (Lipinski definition) is 2. The minimum atomic E-state index is -0.778. The molecule has 2 N–H and O–H groups in total. The molecule has 32 heavy (non-hydrogen) atoms. The van der Waals surface area contributed by atoms with Crippen LogP contribution in [0.15, 0.2) is 30.5 Å². The van der Waals surface area contributed by atoms with Crippen molar-refractivity contribution in [1.82, 2.24) is 15.3 Å². The van der Waals surface area contributed by atoms with Gasteiger partial charge < -0.3 is 25.0 Å². The van der Waals surface area contributed by atoms with Gasteiger partial charge in [0, 0.05) is 33.0 Å². The summed E-state index contributed by atoms with van der Waals surface area (Å²) in [6.45, 7) is 7.44. The molecule has 0 spiro atoms. The van der Waals surface area contributed by atoms with Gasteiger partial charge in [-0.15, -0.1) is 0 Å². The summed E-state index contributed by atoms with van der Waals surface area (Å²) in [4.78, 5) is 23.6. The van der Waals surface area contributed by atoms with Gasteiger partial charge in [0.2, 0.25) is 11.9 Å². The molecule has 9 heteroatoms. The van der Waals surface area contributed by atoms with Crippen LogP contribution in [0.1, 0.15) is 45.2 Å². The van der Waals surface area contributed by atoms with Crippen LogP contribution in [0.5, 0.6) is 5.75 Å². The number of carbonyl (C=O) groups excluding carboxylic acids is 1. The number of β-amino-alcohol motifs (C(OH)–C–C–N with tert-alkyl or cyclic N) is 1. The molecular formula is C23H30FN5O3. The van der Waals surface area contributed by atoms with Crippen LogP contribution in [0, 0.1) is 5.82 Å². The van der Waals surface area contributed by atoms with Crippen LogP contribution in [0.4, 0.5) is 16.2 Å². The topological polar surface area (TPSA) is 90.8 Å². The highest BCUT2D eigenvalue weighted by Gasteiger charge is 2.34. The highest BCUT2D eigenvalue weighted by molar-refractivity contribution is 5.73. The van der Waals surface area contributed by atoms with Gasteiger partial charge in [-0.1, -0.05) is 12.1 Å². The fraction of sp³-hybridized carbons (Fsp3) is 0.522. The fourth-order valence-electron chi connectivity index (χ4n) is 4.27. The van der Waals surface area contributed by atoms with Crippen molar-refractivity contribution in [3.05, 3.63) is 41.8 Å². The maximum atomic E-state index is 14.5. The van der Waals surface area contributed by atoms with Gasteiger partial charge in [0.25, 0.3) is 0 Å². The van der Waals surface area contributed by atoms with Crippen LogP contribution in [0.2, 0.25) is 0 Å². The second kappa shape index (κ2) is 8.90. The molecule has 3 atom stereocenters.